The van der Waals surface area contributed by atoms with Gasteiger partial charge in [-0.2, -0.15) is 0 Å². The predicted octanol–water partition coefficient (Wildman–Crippen LogP) is -0.179. The van der Waals surface area contributed by atoms with Crippen LogP contribution < -0.4 is 16.0 Å². The van der Waals surface area contributed by atoms with E-state index in [1.807, 2.05) is 0 Å². The van der Waals surface area contributed by atoms with Crippen molar-refractivity contribution in [2.45, 2.75) is 31.3 Å². The fourth-order valence-electron chi connectivity index (χ4n) is 3.00. The highest BCUT2D eigenvalue weighted by molar-refractivity contribution is 7.91. The number of benzene rings is 1. The summed E-state index contributed by atoms with van der Waals surface area (Å²) in [7, 11) is -3.06. The molecule has 1 aromatic carbocycles. The Kier molecular flexibility index (Phi) is 4.76. The first-order chi connectivity index (χ1) is 11.8. The summed E-state index contributed by atoms with van der Waals surface area (Å²) >= 11 is 0. The fraction of sp³-hybridized carbons (Fsp3) is 0.438. The molecule has 2 aliphatic rings. The molecule has 1 aromatic rings. The molecule has 25 heavy (non-hydrogen) atoms. The summed E-state index contributed by atoms with van der Waals surface area (Å²) in [6.07, 6.45) is 0.562. The van der Waals surface area contributed by atoms with Crippen molar-refractivity contribution in [3.63, 3.8) is 0 Å². The first-order valence-corrected chi connectivity index (χ1v) is 9.87. The molecule has 3 rings (SSSR count). The van der Waals surface area contributed by atoms with Crippen LogP contribution in [0, 0.1) is 0 Å². The van der Waals surface area contributed by atoms with Crippen molar-refractivity contribution in [3.05, 3.63) is 29.8 Å². The number of amides is 3. The minimum absolute atomic E-state index is 0.0191. The topological polar surface area (TPSA) is 121 Å². The number of nitrogens with one attached hydrogen (secondary N) is 3. The Balaban J connectivity index is 1.56. The van der Waals surface area contributed by atoms with E-state index in [1.165, 1.54) is 0 Å². The molecule has 0 bridgehead atoms. The maximum absolute atomic E-state index is 12.2. The molecule has 134 valence electrons. The summed E-state index contributed by atoms with van der Waals surface area (Å²) in [4.78, 5) is 36.4. The van der Waals surface area contributed by atoms with E-state index in [0.717, 1.165) is 0 Å². The zero-order chi connectivity index (χ0) is 18.0. The summed E-state index contributed by atoms with van der Waals surface area (Å²) in [6, 6.07) is 5.48. The van der Waals surface area contributed by atoms with E-state index in [9.17, 15) is 22.8 Å². The second kappa shape index (κ2) is 6.83. The maximum Gasteiger partial charge on any atom is 0.254 e. The minimum Gasteiger partial charge on any atom is -0.352 e. The molecule has 2 aliphatic heterocycles. The normalized spacial score (nSPS) is 24.6. The first-order valence-electron chi connectivity index (χ1n) is 8.04. The lowest BCUT2D eigenvalue weighted by atomic mass is 10.1. The monoisotopic (exact) mass is 365 g/mol. The summed E-state index contributed by atoms with van der Waals surface area (Å²) in [5.41, 5.74) is 0.812. The Labute approximate surface area is 145 Å². The van der Waals surface area contributed by atoms with Crippen LogP contribution in [0.15, 0.2) is 24.3 Å². The van der Waals surface area contributed by atoms with Gasteiger partial charge in [0.15, 0.2) is 9.84 Å². The zero-order valence-corrected chi connectivity index (χ0v) is 14.3. The van der Waals surface area contributed by atoms with Crippen LogP contribution in [0.4, 0.5) is 5.69 Å². The van der Waals surface area contributed by atoms with Crippen LogP contribution in [-0.2, 0) is 19.4 Å². The Morgan fingerprint density at radius 2 is 2.00 bits per heavy atom. The third-order valence-corrected chi connectivity index (χ3v) is 6.08. The summed E-state index contributed by atoms with van der Waals surface area (Å²) in [5.74, 6) is -1.05. The third kappa shape index (κ3) is 4.16. The molecule has 0 saturated carbocycles. The summed E-state index contributed by atoms with van der Waals surface area (Å²) in [6.45, 7) is 0. The van der Waals surface area contributed by atoms with Gasteiger partial charge in [0, 0.05) is 12.5 Å². The van der Waals surface area contributed by atoms with Gasteiger partial charge >= 0.3 is 0 Å². The van der Waals surface area contributed by atoms with Crippen LogP contribution in [0.2, 0.25) is 0 Å². The van der Waals surface area contributed by atoms with Crippen molar-refractivity contribution in [2.75, 3.05) is 16.8 Å². The Morgan fingerprint density at radius 3 is 2.72 bits per heavy atom. The third-order valence-electron chi connectivity index (χ3n) is 4.31. The molecule has 2 heterocycles. The van der Waals surface area contributed by atoms with Gasteiger partial charge in [0.2, 0.25) is 11.8 Å². The van der Waals surface area contributed by atoms with E-state index in [1.54, 1.807) is 24.3 Å². The van der Waals surface area contributed by atoms with Crippen molar-refractivity contribution in [1.29, 1.82) is 0 Å². The predicted molar refractivity (Wildman–Crippen MR) is 90.8 cm³/mol. The van der Waals surface area contributed by atoms with Crippen LogP contribution in [0.3, 0.4) is 0 Å². The second-order valence-electron chi connectivity index (χ2n) is 6.27. The summed E-state index contributed by atoms with van der Waals surface area (Å²) in [5, 5.41) is 7.97. The number of carbonyl (C=O) groups is 3. The summed E-state index contributed by atoms with van der Waals surface area (Å²) < 4.78 is 22.8. The highest BCUT2D eigenvalue weighted by Crippen LogP contribution is 2.19. The molecule has 0 aromatic heterocycles. The molecule has 8 nitrogen and oxygen atoms in total. The molecule has 1 saturated heterocycles. The number of carbonyl (C=O) groups excluding carboxylic acids is 3. The molecule has 1 unspecified atom stereocenters. The Hall–Kier alpha value is -2.42. The van der Waals surface area contributed by atoms with Gasteiger partial charge in [-0.3, -0.25) is 14.4 Å². The van der Waals surface area contributed by atoms with Crippen LogP contribution in [-0.4, -0.2) is 49.7 Å². The number of hydrogen-bond acceptors (Lipinski definition) is 5. The zero-order valence-electron chi connectivity index (χ0n) is 13.4. The minimum atomic E-state index is -3.06. The van der Waals surface area contributed by atoms with Gasteiger partial charge < -0.3 is 16.0 Å². The van der Waals surface area contributed by atoms with Crippen molar-refractivity contribution in [1.82, 2.24) is 10.6 Å². The van der Waals surface area contributed by atoms with Gasteiger partial charge in [-0.1, -0.05) is 12.1 Å². The quantitative estimate of drug-likeness (QED) is 0.683. The van der Waals surface area contributed by atoms with E-state index in [0.29, 0.717) is 17.7 Å². The standard InChI is InChI=1S/C16H19N3O5S/c20-14(17-10-7-8-25(23,24)9-10)6-5-13-16(22)18-12-4-2-1-3-11(12)15(21)19-13/h1-4,10,13H,5-9H2,(H,17,20)(H,18,22)(H,19,21)/t10?,13-/m0/s1. The molecule has 0 spiro atoms. The largest absolute Gasteiger partial charge is 0.352 e. The van der Waals surface area contributed by atoms with Crippen LogP contribution >= 0.6 is 0 Å². The molecular weight excluding hydrogens is 346 g/mol. The molecule has 2 atom stereocenters. The average molecular weight is 365 g/mol. The van der Waals surface area contributed by atoms with Gasteiger partial charge in [-0.25, -0.2) is 8.42 Å². The highest BCUT2D eigenvalue weighted by Gasteiger charge is 2.30. The highest BCUT2D eigenvalue weighted by atomic mass is 32.2. The average Bonchev–Trinajstić information content (AvgIpc) is 2.83. The van der Waals surface area contributed by atoms with E-state index in [4.69, 9.17) is 0 Å². The Bertz CT molecular complexity index is 821. The lowest BCUT2D eigenvalue weighted by molar-refractivity contribution is -0.122. The fourth-order valence-corrected chi connectivity index (χ4v) is 4.67. The molecule has 3 N–H and O–H groups in total. The van der Waals surface area contributed by atoms with Crippen LogP contribution in [0.5, 0.6) is 0 Å². The van der Waals surface area contributed by atoms with Crippen LogP contribution in [0.25, 0.3) is 0 Å². The van der Waals surface area contributed by atoms with Crippen molar-refractivity contribution >= 4 is 33.2 Å². The van der Waals surface area contributed by atoms with Gasteiger partial charge in [-0.05, 0) is 25.0 Å². The molecule has 0 aliphatic carbocycles. The smallest absolute Gasteiger partial charge is 0.254 e. The number of para-hydroxylation sites is 1. The molecule has 9 heteroatoms. The van der Waals surface area contributed by atoms with Gasteiger partial charge in [0.05, 0.1) is 22.8 Å². The molecule has 1 fully saturated rings. The van der Waals surface area contributed by atoms with Crippen molar-refractivity contribution in [2.24, 2.45) is 0 Å². The SMILES string of the molecule is O=C(CC[C@@H]1NC(=O)c2ccccc2NC1=O)NC1CCS(=O)(=O)C1. The lowest BCUT2D eigenvalue weighted by Gasteiger charge is -2.15. The van der Waals surface area contributed by atoms with Crippen molar-refractivity contribution in [3.8, 4) is 0 Å². The first kappa shape index (κ1) is 17.4. The number of hydrogen-bond donors (Lipinski definition) is 3. The van der Waals surface area contributed by atoms with E-state index in [2.05, 4.69) is 16.0 Å². The molecular formula is C16H19N3O5S. The van der Waals surface area contributed by atoms with Crippen molar-refractivity contribution < 1.29 is 22.8 Å². The number of rotatable bonds is 4. The second-order valence-corrected chi connectivity index (χ2v) is 8.50. The molecule has 0 radical (unpaired) electrons. The molecule has 3 amide bonds. The van der Waals surface area contributed by atoms with Gasteiger partial charge in [0.25, 0.3) is 5.91 Å². The number of anilines is 1. The van der Waals surface area contributed by atoms with E-state index < -0.39 is 15.9 Å². The van der Waals surface area contributed by atoms with Crippen LogP contribution in [0.1, 0.15) is 29.6 Å². The van der Waals surface area contributed by atoms with E-state index in [-0.39, 0.29) is 48.1 Å². The van der Waals surface area contributed by atoms with E-state index >= 15 is 0 Å². The van der Waals surface area contributed by atoms with Gasteiger partial charge in [0.1, 0.15) is 6.04 Å². The number of fused-ring (bicyclic) bond motifs is 1. The lowest BCUT2D eigenvalue weighted by Crippen LogP contribution is -2.42. The van der Waals surface area contributed by atoms with Gasteiger partial charge in [-0.15, -0.1) is 0 Å². The number of sulfone groups is 1. The Morgan fingerprint density at radius 1 is 1.24 bits per heavy atom. The maximum atomic E-state index is 12.2.